The van der Waals surface area contributed by atoms with Crippen LogP contribution in [0.4, 0.5) is 10.5 Å². The molecule has 75 heavy (non-hydrogen) atoms. The van der Waals surface area contributed by atoms with Gasteiger partial charge in [-0.05, 0) is 76.5 Å². The van der Waals surface area contributed by atoms with E-state index in [0.717, 1.165) is 11.1 Å². The first kappa shape index (κ1) is 58.7. The van der Waals surface area contributed by atoms with Crippen LogP contribution >= 0.6 is 23.4 Å². The summed E-state index contributed by atoms with van der Waals surface area (Å²) in [5.74, 6) is -4.91. The number of nitrogens with zero attached hydrogens (tertiary/aromatic N) is 4. The molecule has 0 radical (unpaired) electrons. The van der Waals surface area contributed by atoms with Crippen LogP contribution in [0.1, 0.15) is 104 Å². The van der Waals surface area contributed by atoms with Gasteiger partial charge in [0.15, 0.2) is 5.72 Å². The van der Waals surface area contributed by atoms with E-state index in [0.29, 0.717) is 48.6 Å². The molecule has 1 saturated carbocycles. The Morgan fingerprint density at radius 3 is 2.36 bits per heavy atom. The quantitative estimate of drug-likeness (QED) is 0.176. The molecule has 0 aromatic heterocycles. The van der Waals surface area contributed by atoms with Crippen molar-refractivity contribution in [2.75, 3.05) is 52.1 Å². The Bertz CT molecular complexity index is 2400. The third kappa shape index (κ3) is 14.5. The fourth-order valence-corrected chi connectivity index (χ4v) is 11.4. The van der Waals surface area contributed by atoms with Crippen LogP contribution in [0.2, 0.25) is 5.02 Å². The smallest absolute Gasteiger partial charge is 0.409 e. The molecule has 4 bridgehead atoms. The number of fused-ring (bicyclic) bond motifs is 4. The molecule has 3 saturated heterocycles. The molecule has 5 aliphatic rings. The Hall–Kier alpha value is -5.55. The van der Waals surface area contributed by atoms with Gasteiger partial charge in [0.05, 0.1) is 36.5 Å². The zero-order valence-corrected chi connectivity index (χ0v) is 45.4. The van der Waals surface area contributed by atoms with Crippen LogP contribution in [0.25, 0.3) is 0 Å². The number of aliphatic hydroxyl groups is 1. The minimum absolute atomic E-state index is 0.00242. The second-order valence-corrected chi connectivity index (χ2v) is 21.6. The van der Waals surface area contributed by atoms with Gasteiger partial charge in [-0.25, -0.2) is 14.4 Å². The van der Waals surface area contributed by atoms with Crippen molar-refractivity contribution in [2.45, 2.75) is 146 Å². The number of esters is 1. The fourth-order valence-electron chi connectivity index (χ4n) is 10.0. The number of thioether (sulfide) groups is 1. The Balaban J connectivity index is 1.10. The van der Waals surface area contributed by atoms with E-state index in [1.165, 1.54) is 54.7 Å². The number of hydroxylamine groups is 2. The summed E-state index contributed by atoms with van der Waals surface area (Å²) in [7, 11) is 5.86. The molecule has 412 valence electrons. The van der Waals surface area contributed by atoms with Gasteiger partial charge in [0.25, 0.3) is 11.8 Å². The monoisotopic (exact) mass is 1090 g/mol. The SMILES string of the molecule is CCO[C@@H]1C[C@@H](OC(=O)[C@H](C)N(C)C(=O)CCS[C@@H]2CC(=O)N(C[C@H]3CC[C@H](C(=O)ON4C(=O)CCC4=O)CC3)C2=O)CC(=O)N(C)c2cc(cc(OC)c2Cl)C/C(C)=C/C=C/[C@@H](OC)[C@@]2(O)C[C@H](OC(=O)N2)[C@H]1C. The first-order valence-electron chi connectivity index (χ1n) is 25.4. The molecule has 8 atom stereocenters. The molecule has 1 aliphatic carbocycles. The van der Waals surface area contributed by atoms with Crippen molar-refractivity contribution >= 4 is 82.5 Å². The standard InChI is InChI=1S/C52H70ClN5O16S/c1-9-71-37-24-35(25-45(62)56(6)36-22-33(23-38(69-7)47(36)53)21-29(2)11-10-12-41(70-8)52(68)27-39(30(37)3)73-51(67)54-52)72-49(65)31(4)55(5)42(59)19-20-75-40-26-46(63)57(48(40)64)28-32-13-15-34(16-14-32)50(66)74-58-43(60)17-18-44(58)61/h10-12,22-23,30-32,34-35,37,39-41,68H,9,13-21,24-28H2,1-8H3,(H,54,67)/b12-10+,29-11+/t30-,31-,32-,34-,35+,37+,39-,40+,41+,52-/m0/s1. The van der Waals surface area contributed by atoms with Crippen molar-refractivity contribution in [2.24, 2.45) is 17.8 Å². The number of nitrogens with one attached hydrogen (secondary N) is 1. The number of likely N-dealkylation sites (tertiary alicyclic amines) is 1. The number of allylic oxidation sites excluding steroid dienone is 3. The van der Waals surface area contributed by atoms with Crippen molar-refractivity contribution in [3.63, 3.8) is 0 Å². The van der Waals surface area contributed by atoms with E-state index >= 15 is 0 Å². The molecule has 1 aromatic carbocycles. The molecule has 0 unspecified atom stereocenters. The Labute approximate surface area is 446 Å². The summed E-state index contributed by atoms with van der Waals surface area (Å²) in [6.45, 7) is 7.28. The Morgan fingerprint density at radius 2 is 1.71 bits per heavy atom. The number of halogens is 1. The third-order valence-electron chi connectivity index (χ3n) is 14.7. The average Bonchev–Trinajstić information content (AvgIpc) is 3.83. The number of carbonyl (C=O) groups excluding carboxylic acids is 9. The molecule has 1 aromatic rings. The lowest BCUT2D eigenvalue weighted by molar-refractivity contribution is -0.201. The van der Waals surface area contributed by atoms with Crippen molar-refractivity contribution in [3.8, 4) is 5.75 Å². The van der Waals surface area contributed by atoms with Gasteiger partial charge in [-0.3, -0.25) is 39.0 Å². The lowest BCUT2D eigenvalue weighted by atomic mass is 9.82. The van der Waals surface area contributed by atoms with Gasteiger partial charge in [0, 0.05) is 84.6 Å². The number of anilines is 1. The van der Waals surface area contributed by atoms with Crippen molar-refractivity contribution < 1.29 is 76.8 Å². The number of carbonyl (C=O) groups is 9. The van der Waals surface area contributed by atoms with E-state index in [-0.39, 0.29) is 86.6 Å². The largest absolute Gasteiger partial charge is 0.495 e. The summed E-state index contributed by atoms with van der Waals surface area (Å²) in [6.07, 6.45) is 2.04. The van der Waals surface area contributed by atoms with Crippen LogP contribution in [0.3, 0.4) is 0 Å². The number of ether oxygens (including phenoxy) is 5. The highest BCUT2D eigenvalue weighted by molar-refractivity contribution is 8.00. The second kappa shape index (κ2) is 26.0. The maximum Gasteiger partial charge on any atom is 0.409 e. The normalized spacial score (nSPS) is 29.5. The third-order valence-corrected chi connectivity index (χ3v) is 16.3. The van der Waals surface area contributed by atoms with Gasteiger partial charge in [0.2, 0.25) is 23.6 Å². The fraction of sp³-hybridized carbons (Fsp3) is 0.635. The lowest BCUT2D eigenvalue weighted by Gasteiger charge is -2.43. The summed E-state index contributed by atoms with van der Waals surface area (Å²) in [5, 5.41) is 14.4. The van der Waals surface area contributed by atoms with E-state index in [1.54, 1.807) is 45.2 Å². The second-order valence-electron chi connectivity index (χ2n) is 19.9. The highest BCUT2D eigenvalue weighted by Gasteiger charge is 2.48. The molecule has 23 heteroatoms. The van der Waals surface area contributed by atoms with E-state index in [1.807, 2.05) is 13.0 Å². The summed E-state index contributed by atoms with van der Waals surface area (Å²) >= 11 is 7.99. The molecular weight excluding hydrogens is 1020 g/mol. The van der Waals surface area contributed by atoms with Crippen LogP contribution in [-0.4, -0.2) is 162 Å². The number of alkyl carbamates (subject to hydrolysis) is 1. The molecule has 4 fully saturated rings. The molecule has 4 aliphatic heterocycles. The molecule has 2 N–H and O–H groups in total. The van der Waals surface area contributed by atoms with Gasteiger partial charge in [-0.1, -0.05) is 42.3 Å². The summed E-state index contributed by atoms with van der Waals surface area (Å²) in [5.41, 5.74) is 0.0969. The summed E-state index contributed by atoms with van der Waals surface area (Å²) in [4.78, 5) is 127. The van der Waals surface area contributed by atoms with Crippen LogP contribution in [0.5, 0.6) is 5.75 Å². The van der Waals surface area contributed by atoms with Gasteiger partial charge >= 0.3 is 18.0 Å². The average molecular weight is 1090 g/mol. The van der Waals surface area contributed by atoms with E-state index in [4.69, 9.17) is 40.1 Å². The van der Waals surface area contributed by atoms with Crippen molar-refractivity contribution in [1.29, 1.82) is 0 Å². The zero-order chi connectivity index (χ0) is 54.9. The zero-order valence-electron chi connectivity index (χ0n) is 43.8. The number of methoxy groups -OCH3 is 2. The van der Waals surface area contributed by atoms with Gasteiger partial charge in [-0.15, -0.1) is 16.8 Å². The number of amides is 7. The first-order valence-corrected chi connectivity index (χ1v) is 26.8. The molecule has 6 rings (SSSR count). The molecule has 4 heterocycles. The summed E-state index contributed by atoms with van der Waals surface area (Å²) in [6, 6.07) is 2.38. The van der Waals surface area contributed by atoms with E-state index < -0.39 is 94.9 Å². The summed E-state index contributed by atoms with van der Waals surface area (Å²) < 4.78 is 29.3. The van der Waals surface area contributed by atoms with Crippen LogP contribution in [0, 0.1) is 17.8 Å². The number of benzene rings is 1. The Morgan fingerprint density at radius 1 is 1.01 bits per heavy atom. The Kier molecular flexibility index (Phi) is 20.3. The maximum absolute atomic E-state index is 14.3. The highest BCUT2D eigenvalue weighted by Crippen LogP contribution is 2.39. The van der Waals surface area contributed by atoms with Gasteiger partial charge < -0.3 is 43.4 Å². The topological polar surface area (TPSA) is 254 Å². The van der Waals surface area contributed by atoms with Gasteiger partial charge in [0.1, 0.15) is 35.1 Å². The number of hydrogen-bond donors (Lipinski definition) is 2. The molecule has 7 amide bonds. The minimum Gasteiger partial charge on any atom is -0.495 e. The molecule has 0 spiro atoms. The van der Waals surface area contributed by atoms with Crippen molar-refractivity contribution in [1.82, 2.24) is 20.2 Å². The van der Waals surface area contributed by atoms with E-state index in [9.17, 15) is 48.3 Å². The van der Waals surface area contributed by atoms with E-state index in [2.05, 4.69) is 5.32 Å². The predicted molar refractivity (Wildman–Crippen MR) is 273 cm³/mol. The number of likely N-dealkylation sites (N-methyl/N-ethyl adjacent to an activating group) is 1. The van der Waals surface area contributed by atoms with Gasteiger partial charge in [-0.2, -0.15) is 0 Å². The lowest BCUT2D eigenvalue weighted by Crippen LogP contribution is -2.63. The minimum atomic E-state index is -1.90. The maximum atomic E-state index is 14.3. The van der Waals surface area contributed by atoms with Crippen molar-refractivity contribution in [3.05, 3.63) is 46.5 Å². The predicted octanol–water partition coefficient (Wildman–Crippen LogP) is 4.82. The van der Waals surface area contributed by atoms with Crippen LogP contribution in [-0.2, 0) is 68.6 Å². The van der Waals surface area contributed by atoms with Crippen LogP contribution in [0.15, 0.2) is 35.9 Å². The molecule has 21 nitrogen and oxygen atoms in total. The number of hydrogen-bond acceptors (Lipinski definition) is 17. The van der Waals surface area contributed by atoms with Crippen LogP contribution < -0.4 is 15.0 Å². The number of rotatable bonds is 15. The number of imide groups is 2. The first-order chi connectivity index (χ1) is 35.6. The highest BCUT2D eigenvalue weighted by atomic mass is 35.5. The molecular formula is C52H70ClN5O16S.